The average Bonchev–Trinajstić information content (AvgIpc) is 2.17. The van der Waals surface area contributed by atoms with E-state index in [1.54, 1.807) is 13.4 Å². The largest absolute Gasteiger partial charge is 0.497 e. The molecule has 0 bridgehead atoms. The summed E-state index contributed by atoms with van der Waals surface area (Å²) in [6, 6.07) is 5.71. The van der Waals surface area contributed by atoms with Crippen molar-refractivity contribution in [3.8, 4) is 5.75 Å². The zero-order chi connectivity index (χ0) is 8.39. The van der Waals surface area contributed by atoms with Crippen molar-refractivity contribution < 1.29 is 9.47 Å². The Kier molecular flexibility index (Phi) is 1.70. The van der Waals surface area contributed by atoms with Crippen molar-refractivity contribution in [2.45, 2.75) is 0 Å². The molecule has 3 nitrogen and oxygen atoms in total. The molecule has 1 aliphatic heterocycles. The fraction of sp³-hybridized carbons (Fsp3) is 0.222. The Morgan fingerprint density at radius 2 is 2.42 bits per heavy atom. The topological polar surface area (TPSA) is 30.8 Å². The third-order valence-corrected chi connectivity index (χ3v) is 1.76. The van der Waals surface area contributed by atoms with Gasteiger partial charge in [0, 0.05) is 11.3 Å². The molecule has 0 aliphatic carbocycles. The fourth-order valence-electron chi connectivity index (χ4n) is 1.12. The second kappa shape index (κ2) is 2.85. The first-order valence-corrected chi connectivity index (χ1v) is 3.70. The van der Waals surface area contributed by atoms with Gasteiger partial charge in [-0.2, -0.15) is 0 Å². The third-order valence-electron chi connectivity index (χ3n) is 1.76. The molecule has 0 N–H and O–H groups in total. The zero-order valence-corrected chi connectivity index (χ0v) is 6.78. The lowest BCUT2D eigenvalue weighted by atomic mass is 10.3. The highest BCUT2D eigenvalue weighted by Crippen LogP contribution is 2.01. The van der Waals surface area contributed by atoms with Crippen LogP contribution in [0.1, 0.15) is 0 Å². The molecule has 0 aromatic heterocycles. The van der Waals surface area contributed by atoms with Gasteiger partial charge in [-0.25, -0.2) is 4.99 Å². The molecular weight excluding hydrogens is 154 g/mol. The molecule has 0 spiro atoms. The van der Waals surface area contributed by atoms with Gasteiger partial charge in [0.15, 0.2) is 6.73 Å². The number of nitrogens with zero attached hydrogens (tertiary/aromatic N) is 1. The summed E-state index contributed by atoms with van der Waals surface area (Å²) >= 11 is 0. The standard InChI is InChI=1S/C9H9NO2/c1-11-8-3-2-7-5-12-6-10-9(7)4-8/h2-5H,6H2,1H3. The molecule has 0 saturated carbocycles. The van der Waals surface area contributed by atoms with E-state index in [0.29, 0.717) is 6.73 Å². The summed E-state index contributed by atoms with van der Waals surface area (Å²) in [5.41, 5.74) is 0. The molecule has 1 aliphatic rings. The molecule has 1 aromatic rings. The summed E-state index contributed by atoms with van der Waals surface area (Å²) in [5.74, 6) is 0.827. The molecule has 0 amide bonds. The average molecular weight is 163 g/mol. The van der Waals surface area contributed by atoms with Crippen LogP contribution in [0.25, 0.3) is 6.26 Å². The van der Waals surface area contributed by atoms with Gasteiger partial charge in [0.25, 0.3) is 0 Å². The third kappa shape index (κ3) is 1.13. The Morgan fingerprint density at radius 1 is 1.50 bits per heavy atom. The number of methoxy groups -OCH3 is 1. The number of hydrogen-bond acceptors (Lipinski definition) is 3. The van der Waals surface area contributed by atoms with E-state index in [1.165, 1.54) is 0 Å². The molecule has 0 unspecified atom stereocenters. The Balaban J connectivity index is 2.65. The number of benzene rings is 1. The van der Waals surface area contributed by atoms with Gasteiger partial charge in [0.1, 0.15) is 5.75 Å². The van der Waals surface area contributed by atoms with Crippen molar-refractivity contribution in [2.75, 3.05) is 13.8 Å². The zero-order valence-electron chi connectivity index (χ0n) is 6.78. The van der Waals surface area contributed by atoms with Crippen molar-refractivity contribution in [2.24, 2.45) is 4.99 Å². The van der Waals surface area contributed by atoms with Crippen LogP contribution in [0, 0.1) is 0 Å². The van der Waals surface area contributed by atoms with Crippen LogP contribution < -0.4 is 15.3 Å². The maximum absolute atomic E-state index is 5.07. The molecule has 0 saturated heterocycles. The normalized spacial score (nSPS) is 13.4. The molecule has 62 valence electrons. The minimum absolute atomic E-state index is 0.403. The molecule has 1 aromatic carbocycles. The minimum Gasteiger partial charge on any atom is -0.497 e. The summed E-state index contributed by atoms with van der Waals surface area (Å²) in [6.07, 6.45) is 1.71. The maximum Gasteiger partial charge on any atom is 0.178 e. The van der Waals surface area contributed by atoms with Crippen LogP contribution >= 0.6 is 0 Å². The number of hydrogen-bond donors (Lipinski definition) is 0. The molecule has 1 heterocycles. The lowest BCUT2D eigenvalue weighted by Gasteiger charge is -2.03. The monoisotopic (exact) mass is 163 g/mol. The summed E-state index contributed by atoms with van der Waals surface area (Å²) < 4.78 is 10.1. The van der Waals surface area contributed by atoms with E-state index in [9.17, 15) is 0 Å². The highest BCUT2D eigenvalue weighted by molar-refractivity contribution is 5.26. The van der Waals surface area contributed by atoms with Gasteiger partial charge >= 0.3 is 0 Å². The second-order valence-electron chi connectivity index (χ2n) is 2.50. The molecule has 0 radical (unpaired) electrons. The lowest BCUT2D eigenvalue weighted by molar-refractivity contribution is 0.296. The lowest BCUT2D eigenvalue weighted by Crippen LogP contribution is -2.28. The molecule has 12 heavy (non-hydrogen) atoms. The van der Waals surface area contributed by atoms with Crippen LogP contribution in [0.4, 0.5) is 0 Å². The van der Waals surface area contributed by atoms with E-state index in [2.05, 4.69) is 4.99 Å². The van der Waals surface area contributed by atoms with Gasteiger partial charge < -0.3 is 9.47 Å². The minimum atomic E-state index is 0.403. The van der Waals surface area contributed by atoms with E-state index in [-0.39, 0.29) is 0 Å². The first-order valence-electron chi connectivity index (χ1n) is 3.70. The number of fused-ring (bicyclic) bond motifs is 1. The number of ether oxygens (including phenoxy) is 2. The highest BCUT2D eigenvalue weighted by atomic mass is 16.5. The van der Waals surface area contributed by atoms with Crippen molar-refractivity contribution in [1.29, 1.82) is 0 Å². The van der Waals surface area contributed by atoms with Crippen LogP contribution in [0.5, 0.6) is 5.75 Å². The summed E-state index contributed by atoms with van der Waals surface area (Å²) in [4.78, 5) is 4.17. The predicted octanol–water partition coefficient (Wildman–Crippen LogP) is 0.0405. The van der Waals surface area contributed by atoms with E-state index in [1.807, 2.05) is 18.2 Å². The van der Waals surface area contributed by atoms with Crippen LogP contribution in [0.15, 0.2) is 23.2 Å². The summed E-state index contributed by atoms with van der Waals surface area (Å²) in [7, 11) is 1.64. The fourth-order valence-corrected chi connectivity index (χ4v) is 1.12. The van der Waals surface area contributed by atoms with Gasteiger partial charge in [-0.1, -0.05) is 0 Å². The molecule has 3 heteroatoms. The maximum atomic E-state index is 5.07. The predicted molar refractivity (Wildman–Crippen MR) is 44.2 cm³/mol. The SMILES string of the molecule is COc1ccc2c(c1)=NCOC=2. The highest BCUT2D eigenvalue weighted by Gasteiger charge is 1.95. The van der Waals surface area contributed by atoms with E-state index in [0.717, 1.165) is 16.3 Å². The van der Waals surface area contributed by atoms with Crippen molar-refractivity contribution in [1.82, 2.24) is 0 Å². The van der Waals surface area contributed by atoms with E-state index in [4.69, 9.17) is 9.47 Å². The Hall–Kier alpha value is -1.51. The van der Waals surface area contributed by atoms with Gasteiger partial charge in [0.05, 0.1) is 18.7 Å². The van der Waals surface area contributed by atoms with Gasteiger partial charge in [-0.15, -0.1) is 0 Å². The van der Waals surface area contributed by atoms with E-state index >= 15 is 0 Å². The molecule has 0 atom stereocenters. The van der Waals surface area contributed by atoms with Crippen molar-refractivity contribution >= 4 is 6.26 Å². The Labute approximate surface area is 70.0 Å². The van der Waals surface area contributed by atoms with Crippen molar-refractivity contribution in [3.63, 3.8) is 0 Å². The quantitative estimate of drug-likeness (QED) is 0.585. The molecular formula is C9H9NO2. The summed E-state index contributed by atoms with van der Waals surface area (Å²) in [6.45, 7) is 0.403. The van der Waals surface area contributed by atoms with Gasteiger partial charge in [-0.3, -0.25) is 0 Å². The van der Waals surface area contributed by atoms with Gasteiger partial charge in [-0.05, 0) is 12.1 Å². The van der Waals surface area contributed by atoms with Crippen LogP contribution in [0.2, 0.25) is 0 Å². The summed E-state index contributed by atoms with van der Waals surface area (Å²) in [5, 5.41) is 1.93. The Bertz CT molecular complexity index is 397. The molecule has 2 rings (SSSR count). The molecule has 0 fully saturated rings. The van der Waals surface area contributed by atoms with Crippen LogP contribution in [0.3, 0.4) is 0 Å². The van der Waals surface area contributed by atoms with E-state index < -0.39 is 0 Å². The first-order chi connectivity index (χ1) is 5.90. The van der Waals surface area contributed by atoms with Crippen LogP contribution in [-0.2, 0) is 4.74 Å². The Morgan fingerprint density at radius 3 is 3.25 bits per heavy atom. The van der Waals surface area contributed by atoms with Crippen LogP contribution in [-0.4, -0.2) is 13.8 Å². The van der Waals surface area contributed by atoms with Crippen molar-refractivity contribution in [3.05, 3.63) is 28.8 Å². The number of rotatable bonds is 1. The van der Waals surface area contributed by atoms with Gasteiger partial charge in [0.2, 0.25) is 0 Å². The smallest absolute Gasteiger partial charge is 0.178 e. The second-order valence-corrected chi connectivity index (χ2v) is 2.50. The first kappa shape index (κ1) is 7.16.